The molecule has 1 aliphatic rings. The molecule has 1 aliphatic heterocycles. The molecule has 0 aliphatic carbocycles. The van der Waals surface area contributed by atoms with Gasteiger partial charge in [0, 0.05) is 31.7 Å². The molecule has 8 heteroatoms. The minimum atomic E-state index is 0.297. The molecule has 0 unspecified atom stereocenters. The summed E-state index contributed by atoms with van der Waals surface area (Å²) in [5.74, 6) is 2.64. The highest BCUT2D eigenvalue weighted by molar-refractivity contribution is 5.50. The van der Waals surface area contributed by atoms with Gasteiger partial charge in [-0.3, -0.25) is 4.90 Å². The Hall–Kier alpha value is -3.96. The molecule has 35 heavy (non-hydrogen) atoms. The van der Waals surface area contributed by atoms with Gasteiger partial charge in [-0.25, -0.2) is 0 Å². The Balaban J connectivity index is 1.29. The predicted molar refractivity (Wildman–Crippen MR) is 135 cm³/mol. The van der Waals surface area contributed by atoms with Crippen LogP contribution in [0.15, 0.2) is 48.8 Å². The predicted octanol–water partition coefficient (Wildman–Crippen LogP) is 4.79. The Morgan fingerprint density at radius 3 is 2.57 bits per heavy atom. The largest absolute Gasteiger partial charge is 0.438 e. The first-order valence-electron chi connectivity index (χ1n) is 11.9. The molecule has 1 saturated heterocycles. The van der Waals surface area contributed by atoms with Crippen molar-refractivity contribution in [1.29, 1.82) is 5.26 Å². The van der Waals surface area contributed by atoms with Gasteiger partial charge in [-0.15, -0.1) is 0 Å². The molecule has 2 aromatic heterocycles. The van der Waals surface area contributed by atoms with Crippen molar-refractivity contribution in [1.82, 2.24) is 24.5 Å². The molecule has 0 saturated carbocycles. The molecule has 1 fully saturated rings. The van der Waals surface area contributed by atoms with Crippen molar-refractivity contribution in [2.24, 2.45) is 0 Å². The molecule has 2 aromatic carbocycles. The summed E-state index contributed by atoms with van der Waals surface area (Å²) in [7, 11) is 0. The average Bonchev–Trinajstić information content (AvgIpc) is 3.32. The Bertz CT molecular complexity index is 1370. The Morgan fingerprint density at radius 2 is 1.83 bits per heavy atom. The second kappa shape index (κ2) is 9.72. The Kier molecular flexibility index (Phi) is 6.34. The topological polar surface area (TPSA) is 91.4 Å². The van der Waals surface area contributed by atoms with E-state index in [1.54, 1.807) is 4.52 Å². The van der Waals surface area contributed by atoms with Crippen LogP contribution >= 0.6 is 0 Å². The molecule has 3 heterocycles. The van der Waals surface area contributed by atoms with E-state index in [4.69, 9.17) is 4.74 Å². The number of piperidine rings is 1. The molecule has 178 valence electrons. The molecule has 4 aromatic rings. The summed E-state index contributed by atoms with van der Waals surface area (Å²) in [5.41, 5.74) is 5.20. The summed E-state index contributed by atoms with van der Waals surface area (Å²) in [6.07, 6.45) is 3.46. The Labute approximate surface area is 205 Å². The highest BCUT2D eigenvalue weighted by Crippen LogP contribution is 2.31. The van der Waals surface area contributed by atoms with E-state index in [2.05, 4.69) is 64.3 Å². The van der Waals surface area contributed by atoms with E-state index in [1.807, 2.05) is 30.3 Å². The maximum absolute atomic E-state index is 9.36. The number of aryl methyl sites for hydroxylation is 3. The molecule has 0 bridgehead atoms. The lowest BCUT2D eigenvalue weighted by Crippen LogP contribution is -2.39. The molecule has 0 atom stereocenters. The standard InChI is InChI=1S/C27H29N7O/c1-18-12-19(2)26(20(3)13-18)35-25-14-24(32-27-29-17-30-34(25)27)31-23-8-10-33(11-9-23)16-22-7-5-4-6-21(22)15-28/h4-7,12-14,17,23H,8-11,16H2,1-3H3,(H,29,30,31,32). The number of hydrogen-bond acceptors (Lipinski definition) is 7. The van der Waals surface area contributed by atoms with Gasteiger partial charge in [0.25, 0.3) is 5.78 Å². The fraction of sp³-hybridized carbons (Fsp3) is 0.333. The zero-order valence-electron chi connectivity index (χ0n) is 20.3. The lowest BCUT2D eigenvalue weighted by atomic mass is 10.0. The van der Waals surface area contributed by atoms with Gasteiger partial charge in [0.2, 0.25) is 5.88 Å². The number of hydrogen-bond donors (Lipinski definition) is 1. The normalized spacial score (nSPS) is 14.7. The number of benzene rings is 2. The second-order valence-electron chi connectivity index (χ2n) is 9.25. The van der Waals surface area contributed by atoms with Crippen LogP contribution in [0.2, 0.25) is 0 Å². The molecule has 8 nitrogen and oxygen atoms in total. The van der Waals surface area contributed by atoms with Crippen LogP contribution in [0.4, 0.5) is 5.82 Å². The fourth-order valence-corrected chi connectivity index (χ4v) is 4.82. The van der Waals surface area contributed by atoms with Crippen molar-refractivity contribution in [3.8, 4) is 17.7 Å². The minimum Gasteiger partial charge on any atom is -0.438 e. The molecular formula is C27H29N7O. The van der Waals surface area contributed by atoms with Gasteiger partial charge in [0.05, 0.1) is 11.6 Å². The first kappa shape index (κ1) is 22.8. The van der Waals surface area contributed by atoms with Crippen molar-refractivity contribution in [3.63, 3.8) is 0 Å². The van der Waals surface area contributed by atoms with Crippen molar-refractivity contribution in [2.75, 3.05) is 18.4 Å². The van der Waals surface area contributed by atoms with Crippen LogP contribution in [-0.2, 0) is 6.54 Å². The van der Waals surface area contributed by atoms with Gasteiger partial charge in [-0.1, -0.05) is 35.9 Å². The number of aromatic nitrogens is 4. The third-order valence-electron chi connectivity index (χ3n) is 6.50. The number of nitrogens with zero attached hydrogens (tertiary/aromatic N) is 6. The number of nitriles is 1. The zero-order valence-corrected chi connectivity index (χ0v) is 20.3. The van der Waals surface area contributed by atoms with Crippen LogP contribution in [0.25, 0.3) is 5.78 Å². The summed E-state index contributed by atoms with van der Waals surface area (Å²) in [4.78, 5) is 11.3. The van der Waals surface area contributed by atoms with Crippen LogP contribution in [0.5, 0.6) is 11.6 Å². The maximum Gasteiger partial charge on any atom is 0.257 e. The fourth-order valence-electron chi connectivity index (χ4n) is 4.82. The number of fused-ring (bicyclic) bond motifs is 1. The van der Waals surface area contributed by atoms with Crippen LogP contribution in [0.1, 0.15) is 40.7 Å². The van der Waals surface area contributed by atoms with E-state index in [1.165, 1.54) is 11.9 Å². The number of rotatable bonds is 6. The van der Waals surface area contributed by atoms with Gasteiger partial charge >= 0.3 is 0 Å². The lowest BCUT2D eigenvalue weighted by Gasteiger charge is -2.32. The summed E-state index contributed by atoms with van der Waals surface area (Å²) in [5, 5.41) is 17.3. The number of ether oxygens (including phenoxy) is 1. The number of nitrogens with one attached hydrogen (secondary N) is 1. The Morgan fingerprint density at radius 1 is 1.09 bits per heavy atom. The average molecular weight is 468 g/mol. The second-order valence-corrected chi connectivity index (χ2v) is 9.25. The van der Waals surface area contributed by atoms with Crippen molar-refractivity contribution in [2.45, 2.75) is 46.2 Å². The van der Waals surface area contributed by atoms with Gasteiger partial charge in [0.1, 0.15) is 17.9 Å². The van der Waals surface area contributed by atoms with E-state index in [0.717, 1.165) is 66.3 Å². The molecule has 0 amide bonds. The maximum atomic E-state index is 9.36. The molecule has 0 spiro atoms. The van der Waals surface area contributed by atoms with Crippen LogP contribution in [0, 0.1) is 32.1 Å². The molecule has 5 rings (SSSR count). The van der Waals surface area contributed by atoms with E-state index >= 15 is 0 Å². The van der Waals surface area contributed by atoms with Crippen molar-refractivity contribution in [3.05, 3.63) is 76.6 Å². The smallest absolute Gasteiger partial charge is 0.257 e. The quantitative estimate of drug-likeness (QED) is 0.436. The summed E-state index contributed by atoms with van der Waals surface area (Å²) in [6, 6.07) is 16.6. The first-order chi connectivity index (χ1) is 17.0. The van der Waals surface area contributed by atoms with Crippen LogP contribution in [0.3, 0.4) is 0 Å². The summed E-state index contributed by atoms with van der Waals surface area (Å²) in [6.45, 7) is 8.90. The van der Waals surface area contributed by atoms with E-state index in [0.29, 0.717) is 17.7 Å². The highest BCUT2D eigenvalue weighted by Gasteiger charge is 2.21. The van der Waals surface area contributed by atoms with Crippen molar-refractivity contribution >= 4 is 11.6 Å². The molecule has 0 radical (unpaired) electrons. The molecule has 1 N–H and O–H groups in total. The monoisotopic (exact) mass is 467 g/mol. The van der Waals surface area contributed by atoms with E-state index in [9.17, 15) is 5.26 Å². The third kappa shape index (κ3) is 4.96. The van der Waals surface area contributed by atoms with Gasteiger partial charge < -0.3 is 10.1 Å². The van der Waals surface area contributed by atoms with Crippen LogP contribution < -0.4 is 10.1 Å². The first-order valence-corrected chi connectivity index (χ1v) is 11.9. The number of likely N-dealkylation sites (tertiary alicyclic amines) is 1. The van der Waals surface area contributed by atoms with Crippen LogP contribution in [-0.4, -0.2) is 43.6 Å². The SMILES string of the molecule is Cc1cc(C)c(Oc2cc(NC3CCN(Cc4ccccc4C#N)CC3)nc3ncnn23)c(C)c1. The van der Waals surface area contributed by atoms with Crippen molar-refractivity contribution < 1.29 is 4.74 Å². The van der Waals surface area contributed by atoms with E-state index in [-0.39, 0.29) is 0 Å². The van der Waals surface area contributed by atoms with E-state index < -0.39 is 0 Å². The highest BCUT2D eigenvalue weighted by atomic mass is 16.5. The van der Waals surface area contributed by atoms with Gasteiger partial charge in [-0.2, -0.15) is 24.8 Å². The summed E-state index contributed by atoms with van der Waals surface area (Å²) < 4.78 is 7.97. The minimum absolute atomic E-state index is 0.297. The van der Waals surface area contributed by atoms with Gasteiger partial charge in [0.15, 0.2) is 0 Å². The molecular weight excluding hydrogens is 438 g/mol. The lowest BCUT2D eigenvalue weighted by molar-refractivity contribution is 0.211. The number of anilines is 1. The summed E-state index contributed by atoms with van der Waals surface area (Å²) >= 11 is 0. The zero-order chi connectivity index (χ0) is 24.4. The third-order valence-corrected chi connectivity index (χ3v) is 6.50. The van der Waals surface area contributed by atoms with Gasteiger partial charge in [-0.05, 0) is 56.4 Å².